The number of hydrogen-bond acceptors (Lipinski definition) is 2. The highest BCUT2D eigenvalue weighted by molar-refractivity contribution is 7.80. The van der Waals surface area contributed by atoms with Crippen LogP contribution in [0.2, 0.25) is 0 Å². The van der Waals surface area contributed by atoms with E-state index in [2.05, 4.69) is 12.6 Å². The van der Waals surface area contributed by atoms with E-state index in [-0.39, 0.29) is 16.8 Å². The smallest absolute Gasteiger partial charge is 0.253 e. The summed E-state index contributed by atoms with van der Waals surface area (Å²) in [6.07, 6.45) is 1.82. The first-order chi connectivity index (χ1) is 8.01. The van der Waals surface area contributed by atoms with Gasteiger partial charge in [0.2, 0.25) is 0 Å². The van der Waals surface area contributed by atoms with Gasteiger partial charge in [0.15, 0.2) is 0 Å². The number of amides is 1. The lowest BCUT2D eigenvalue weighted by atomic mass is 10.1. The minimum atomic E-state index is -0.407. The highest BCUT2D eigenvalue weighted by atomic mass is 32.1. The lowest BCUT2D eigenvalue weighted by Crippen LogP contribution is -2.36. The molecule has 2 nitrogen and oxygen atoms in total. The van der Waals surface area contributed by atoms with Gasteiger partial charge in [0.25, 0.3) is 5.91 Å². The maximum atomic E-state index is 13.1. The van der Waals surface area contributed by atoms with Gasteiger partial charge in [-0.3, -0.25) is 4.79 Å². The molecule has 0 heterocycles. The molecule has 17 heavy (non-hydrogen) atoms. The molecule has 0 atom stereocenters. The van der Waals surface area contributed by atoms with Crippen LogP contribution in [-0.4, -0.2) is 23.9 Å². The van der Waals surface area contributed by atoms with Gasteiger partial charge in [-0.1, -0.05) is 13.8 Å². The molecule has 0 aliphatic rings. The largest absolute Gasteiger partial charge is 0.339 e. The second-order valence-corrected chi connectivity index (χ2v) is 4.53. The first-order valence-electron chi connectivity index (χ1n) is 5.76. The second kappa shape index (κ2) is 6.05. The monoisotopic (exact) mass is 255 g/mol. The van der Waals surface area contributed by atoms with E-state index in [1.807, 2.05) is 13.8 Å². The lowest BCUT2D eigenvalue weighted by molar-refractivity contribution is 0.0723. The number of carbonyl (C=O) groups excluding carboxylic acids is 1. The Balaban J connectivity index is 2.92. The van der Waals surface area contributed by atoms with Crippen molar-refractivity contribution in [2.45, 2.75) is 37.6 Å². The van der Waals surface area contributed by atoms with Crippen LogP contribution in [0.1, 0.15) is 37.0 Å². The molecule has 0 N–H and O–H groups in total. The summed E-state index contributed by atoms with van der Waals surface area (Å²) in [5.41, 5.74) is 0.478. The lowest BCUT2D eigenvalue weighted by Gasteiger charge is -2.26. The first kappa shape index (κ1) is 14.0. The zero-order valence-corrected chi connectivity index (χ0v) is 11.3. The van der Waals surface area contributed by atoms with E-state index < -0.39 is 5.82 Å². The van der Waals surface area contributed by atoms with Crippen LogP contribution in [0.4, 0.5) is 4.39 Å². The second-order valence-electron chi connectivity index (χ2n) is 4.05. The molecule has 0 bridgehead atoms. The molecule has 0 fully saturated rings. The molecule has 94 valence electrons. The molecular weight excluding hydrogens is 237 g/mol. The van der Waals surface area contributed by atoms with E-state index in [9.17, 15) is 9.18 Å². The van der Waals surface area contributed by atoms with Crippen LogP contribution in [0.25, 0.3) is 0 Å². The van der Waals surface area contributed by atoms with Crippen LogP contribution in [-0.2, 0) is 0 Å². The maximum absolute atomic E-state index is 13.1. The molecule has 1 aromatic rings. The number of carbonyl (C=O) groups is 1. The SMILES string of the molecule is CCC(CC)N(C)C(=O)c1ccc(F)c(S)c1. The van der Waals surface area contributed by atoms with Crippen LogP contribution >= 0.6 is 12.6 Å². The number of hydrogen-bond donors (Lipinski definition) is 1. The van der Waals surface area contributed by atoms with E-state index in [0.717, 1.165) is 12.8 Å². The van der Waals surface area contributed by atoms with Gasteiger partial charge in [-0.25, -0.2) is 4.39 Å². The van der Waals surface area contributed by atoms with Crippen molar-refractivity contribution in [1.29, 1.82) is 0 Å². The third-order valence-electron chi connectivity index (χ3n) is 3.00. The summed E-state index contributed by atoms with van der Waals surface area (Å²) < 4.78 is 13.1. The number of benzene rings is 1. The molecule has 0 saturated carbocycles. The van der Waals surface area contributed by atoms with Crippen LogP contribution in [0.5, 0.6) is 0 Å². The predicted molar refractivity (Wildman–Crippen MR) is 70.1 cm³/mol. The highest BCUT2D eigenvalue weighted by Crippen LogP contribution is 2.17. The Hall–Kier alpha value is -1.03. The van der Waals surface area contributed by atoms with Crippen molar-refractivity contribution in [2.24, 2.45) is 0 Å². The van der Waals surface area contributed by atoms with Crippen molar-refractivity contribution in [3.8, 4) is 0 Å². The molecule has 0 unspecified atom stereocenters. The van der Waals surface area contributed by atoms with E-state index in [1.54, 1.807) is 11.9 Å². The minimum Gasteiger partial charge on any atom is -0.339 e. The summed E-state index contributed by atoms with van der Waals surface area (Å²) in [7, 11) is 1.78. The fourth-order valence-electron chi connectivity index (χ4n) is 1.85. The Morgan fingerprint density at radius 3 is 2.47 bits per heavy atom. The number of halogens is 1. The fourth-order valence-corrected chi connectivity index (χ4v) is 2.07. The number of thiol groups is 1. The Labute approximate surface area is 107 Å². The molecule has 0 aliphatic heterocycles. The minimum absolute atomic E-state index is 0.0889. The molecule has 0 aromatic heterocycles. The summed E-state index contributed by atoms with van der Waals surface area (Å²) in [6.45, 7) is 4.10. The van der Waals surface area contributed by atoms with Gasteiger partial charge in [-0.15, -0.1) is 12.6 Å². The van der Waals surface area contributed by atoms with Crippen LogP contribution in [0, 0.1) is 5.82 Å². The molecule has 1 aromatic carbocycles. The van der Waals surface area contributed by atoms with Crippen molar-refractivity contribution < 1.29 is 9.18 Å². The Kier molecular flexibility index (Phi) is 5.00. The van der Waals surface area contributed by atoms with Crippen LogP contribution in [0.15, 0.2) is 23.1 Å². The molecular formula is C13H18FNOS. The molecule has 0 aliphatic carbocycles. The van der Waals surface area contributed by atoms with Gasteiger partial charge in [-0.2, -0.15) is 0 Å². The molecule has 4 heteroatoms. The maximum Gasteiger partial charge on any atom is 0.253 e. The average molecular weight is 255 g/mol. The van der Waals surface area contributed by atoms with E-state index in [1.165, 1.54) is 18.2 Å². The standard InChI is InChI=1S/C13H18FNOS/c1-4-10(5-2)15(3)13(16)9-6-7-11(14)12(17)8-9/h6-8,10,17H,4-5H2,1-3H3. The van der Waals surface area contributed by atoms with E-state index in [0.29, 0.717) is 5.56 Å². The van der Waals surface area contributed by atoms with Gasteiger partial charge >= 0.3 is 0 Å². The Morgan fingerprint density at radius 1 is 1.41 bits per heavy atom. The van der Waals surface area contributed by atoms with Crippen molar-refractivity contribution in [3.63, 3.8) is 0 Å². The van der Waals surface area contributed by atoms with Gasteiger partial charge in [-0.05, 0) is 31.0 Å². The van der Waals surface area contributed by atoms with Gasteiger partial charge in [0.05, 0.1) is 0 Å². The molecule has 0 spiro atoms. The van der Waals surface area contributed by atoms with Crippen LogP contribution in [0.3, 0.4) is 0 Å². The fraction of sp³-hybridized carbons (Fsp3) is 0.462. The zero-order chi connectivity index (χ0) is 13.0. The van der Waals surface area contributed by atoms with Gasteiger partial charge < -0.3 is 4.90 Å². The predicted octanol–water partition coefficient (Wildman–Crippen LogP) is 3.38. The first-order valence-corrected chi connectivity index (χ1v) is 6.21. The van der Waals surface area contributed by atoms with Crippen molar-refractivity contribution in [3.05, 3.63) is 29.6 Å². The molecule has 0 saturated heterocycles. The van der Waals surface area contributed by atoms with E-state index >= 15 is 0 Å². The normalized spacial score (nSPS) is 10.7. The summed E-state index contributed by atoms with van der Waals surface area (Å²) in [5.74, 6) is -0.496. The topological polar surface area (TPSA) is 20.3 Å². The third kappa shape index (κ3) is 3.22. The zero-order valence-electron chi connectivity index (χ0n) is 10.4. The quantitative estimate of drug-likeness (QED) is 0.818. The summed E-state index contributed by atoms with van der Waals surface area (Å²) in [4.78, 5) is 14.0. The summed E-state index contributed by atoms with van der Waals surface area (Å²) >= 11 is 3.98. The Morgan fingerprint density at radius 2 is 2.00 bits per heavy atom. The van der Waals surface area contributed by atoms with Crippen molar-refractivity contribution >= 4 is 18.5 Å². The molecule has 1 amide bonds. The molecule has 1 rings (SSSR count). The van der Waals surface area contributed by atoms with E-state index in [4.69, 9.17) is 0 Å². The molecule has 0 radical (unpaired) electrons. The Bertz CT molecular complexity index is 404. The van der Waals surface area contributed by atoms with Crippen molar-refractivity contribution in [1.82, 2.24) is 4.90 Å². The van der Waals surface area contributed by atoms with Gasteiger partial charge in [0.1, 0.15) is 5.82 Å². The average Bonchev–Trinajstić information content (AvgIpc) is 2.33. The van der Waals surface area contributed by atoms with Gasteiger partial charge in [0, 0.05) is 23.5 Å². The summed E-state index contributed by atoms with van der Waals surface area (Å²) in [6, 6.07) is 4.46. The van der Waals surface area contributed by atoms with Crippen LogP contribution < -0.4 is 0 Å². The number of nitrogens with zero attached hydrogens (tertiary/aromatic N) is 1. The highest BCUT2D eigenvalue weighted by Gasteiger charge is 2.18. The number of rotatable bonds is 4. The summed E-state index contributed by atoms with van der Waals surface area (Å²) in [5, 5.41) is 0. The third-order valence-corrected chi connectivity index (χ3v) is 3.35. The van der Waals surface area contributed by atoms with Crippen molar-refractivity contribution in [2.75, 3.05) is 7.05 Å².